The maximum atomic E-state index is 13.0. The van der Waals surface area contributed by atoms with Gasteiger partial charge in [0.05, 0.1) is 26.5 Å². The molecule has 0 aliphatic rings. The second-order valence-corrected chi connectivity index (χ2v) is 6.10. The van der Waals surface area contributed by atoms with Gasteiger partial charge >= 0.3 is 5.97 Å². The van der Waals surface area contributed by atoms with E-state index in [-0.39, 0.29) is 31.2 Å². The summed E-state index contributed by atoms with van der Waals surface area (Å²) in [4.78, 5) is 39.0. The maximum absolute atomic E-state index is 13.0. The average Bonchev–Trinajstić information content (AvgIpc) is 3.25. The highest BCUT2D eigenvalue weighted by Gasteiger charge is 2.28. The summed E-state index contributed by atoms with van der Waals surface area (Å²) in [7, 11) is 4.51. The Morgan fingerprint density at radius 1 is 1.22 bits per heavy atom. The Morgan fingerprint density at radius 2 is 1.93 bits per heavy atom. The number of carbonyl (C=O) groups excluding carboxylic acids is 3. The summed E-state index contributed by atoms with van der Waals surface area (Å²) in [6.07, 6.45) is 1.40. The molecule has 0 atom stereocenters. The second-order valence-electron chi connectivity index (χ2n) is 6.10. The SMILES string of the molecule is COCCN(CC(=O)c1c(C)c(C(=O)OC)n(C)c1C)C(=O)c1ccco1. The van der Waals surface area contributed by atoms with E-state index in [1.807, 2.05) is 0 Å². The van der Waals surface area contributed by atoms with Crippen LogP contribution in [-0.4, -0.2) is 61.0 Å². The monoisotopic (exact) mass is 376 g/mol. The highest BCUT2D eigenvalue weighted by molar-refractivity contribution is 6.05. The summed E-state index contributed by atoms with van der Waals surface area (Å²) in [5, 5.41) is 0. The number of hydrogen-bond acceptors (Lipinski definition) is 6. The number of amides is 1. The van der Waals surface area contributed by atoms with Crippen LogP contribution in [0.1, 0.15) is 42.7 Å². The number of ether oxygens (including phenoxy) is 2. The largest absolute Gasteiger partial charge is 0.464 e. The van der Waals surface area contributed by atoms with Crippen molar-refractivity contribution in [3.8, 4) is 0 Å². The van der Waals surface area contributed by atoms with Gasteiger partial charge in [0.1, 0.15) is 5.69 Å². The number of furan rings is 1. The van der Waals surface area contributed by atoms with Crippen molar-refractivity contribution in [2.45, 2.75) is 13.8 Å². The summed E-state index contributed by atoms with van der Waals surface area (Å²) in [5.41, 5.74) is 1.89. The van der Waals surface area contributed by atoms with Crippen molar-refractivity contribution in [2.75, 3.05) is 33.9 Å². The molecule has 0 N–H and O–H groups in total. The molecule has 27 heavy (non-hydrogen) atoms. The molecule has 0 saturated heterocycles. The van der Waals surface area contributed by atoms with Crippen molar-refractivity contribution in [1.29, 1.82) is 0 Å². The molecule has 146 valence electrons. The Kier molecular flexibility index (Phi) is 6.57. The predicted molar refractivity (Wildman–Crippen MR) is 97.0 cm³/mol. The number of hydrogen-bond donors (Lipinski definition) is 0. The smallest absolute Gasteiger partial charge is 0.354 e. The molecule has 8 heteroatoms. The second kappa shape index (κ2) is 8.68. The van der Waals surface area contributed by atoms with Gasteiger partial charge in [0.15, 0.2) is 11.5 Å². The highest BCUT2D eigenvalue weighted by atomic mass is 16.5. The molecule has 0 aliphatic heterocycles. The zero-order chi connectivity index (χ0) is 20.1. The third kappa shape index (κ3) is 4.11. The number of nitrogens with zero attached hydrogens (tertiary/aromatic N) is 2. The number of rotatable bonds is 8. The maximum Gasteiger partial charge on any atom is 0.354 e. The van der Waals surface area contributed by atoms with Crippen LogP contribution in [0.2, 0.25) is 0 Å². The molecule has 1 amide bonds. The first-order chi connectivity index (χ1) is 12.8. The lowest BCUT2D eigenvalue weighted by Crippen LogP contribution is -2.38. The van der Waals surface area contributed by atoms with Crippen molar-refractivity contribution in [2.24, 2.45) is 7.05 Å². The summed E-state index contributed by atoms with van der Waals surface area (Å²) in [5.74, 6) is -1.03. The third-order valence-electron chi connectivity index (χ3n) is 4.51. The first-order valence-electron chi connectivity index (χ1n) is 8.42. The number of carbonyl (C=O) groups is 3. The van der Waals surface area contributed by atoms with E-state index in [1.54, 1.807) is 37.6 Å². The number of Topliss-reactive ketones (excluding diaryl/α,β-unsaturated/α-hetero) is 1. The number of ketones is 1. The minimum Gasteiger partial charge on any atom is -0.464 e. The van der Waals surface area contributed by atoms with Crippen LogP contribution < -0.4 is 0 Å². The summed E-state index contributed by atoms with van der Waals surface area (Å²) in [6.45, 7) is 3.80. The molecular weight excluding hydrogens is 352 g/mol. The fraction of sp³-hybridized carbons (Fsp3) is 0.421. The number of aromatic nitrogens is 1. The molecule has 0 unspecified atom stereocenters. The van der Waals surface area contributed by atoms with Gasteiger partial charge in [-0.2, -0.15) is 0 Å². The van der Waals surface area contributed by atoms with Crippen molar-refractivity contribution < 1.29 is 28.3 Å². The molecule has 0 aromatic carbocycles. The molecule has 0 spiro atoms. The van der Waals surface area contributed by atoms with Crippen LogP contribution in [0.15, 0.2) is 22.8 Å². The lowest BCUT2D eigenvalue weighted by molar-refractivity contribution is 0.0588. The van der Waals surface area contributed by atoms with E-state index in [4.69, 9.17) is 13.9 Å². The van der Waals surface area contributed by atoms with E-state index in [0.717, 1.165) is 0 Å². The Balaban J connectivity index is 2.32. The fourth-order valence-corrected chi connectivity index (χ4v) is 3.04. The highest BCUT2D eigenvalue weighted by Crippen LogP contribution is 2.23. The third-order valence-corrected chi connectivity index (χ3v) is 4.51. The zero-order valence-electron chi connectivity index (χ0n) is 16.2. The minimum atomic E-state index is -0.514. The lowest BCUT2D eigenvalue weighted by Gasteiger charge is -2.20. The van der Waals surface area contributed by atoms with Crippen LogP contribution in [-0.2, 0) is 16.5 Å². The van der Waals surface area contributed by atoms with Crippen LogP contribution in [0, 0.1) is 13.8 Å². The van der Waals surface area contributed by atoms with Crippen molar-refractivity contribution >= 4 is 17.7 Å². The van der Waals surface area contributed by atoms with E-state index in [2.05, 4.69) is 0 Å². The molecule has 2 aromatic rings. The molecule has 0 bridgehead atoms. The first kappa shape index (κ1) is 20.4. The van der Waals surface area contributed by atoms with Crippen LogP contribution in [0.4, 0.5) is 0 Å². The zero-order valence-corrected chi connectivity index (χ0v) is 16.2. The number of methoxy groups -OCH3 is 2. The number of esters is 1. The standard InChI is InChI=1S/C19H24N2O6/c1-12-16(13(2)20(3)17(12)19(24)26-5)14(22)11-21(8-10-25-4)18(23)15-7-6-9-27-15/h6-7,9H,8,10-11H2,1-5H3. The van der Waals surface area contributed by atoms with Crippen molar-refractivity contribution in [3.05, 3.63) is 46.7 Å². The first-order valence-corrected chi connectivity index (χ1v) is 8.42. The van der Waals surface area contributed by atoms with E-state index in [9.17, 15) is 14.4 Å². The van der Waals surface area contributed by atoms with E-state index < -0.39 is 11.9 Å². The van der Waals surface area contributed by atoms with Gasteiger partial charge in [-0.15, -0.1) is 0 Å². The fourth-order valence-electron chi connectivity index (χ4n) is 3.04. The molecule has 0 radical (unpaired) electrons. The van der Waals surface area contributed by atoms with Crippen LogP contribution >= 0.6 is 0 Å². The minimum absolute atomic E-state index is 0.149. The average molecular weight is 376 g/mol. The Labute approximate surface area is 157 Å². The van der Waals surface area contributed by atoms with E-state index in [0.29, 0.717) is 22.5 Å². The van der Waals surface area contributed by atoms with Crippen molar-refractivity contribution in [1.82, 2.24) is 9.47 Å². The van der Waals surface area contributed by atoms with Gasteiger partial charge in [-0.25, -0.2) is 4.79 Å². The molecule has 2 heterocycles. The van der Waals surface area contributed by atoms with E-state index >= 15 is 0 Å². The molecule has 8 nitrogen and oxygen atoms in total. The van der Waals surface area contributed by atoms with E-state index in [1.165, 1.54) is 25.4 Å². The van der Waals surface area contributed by atoms with Gasteiger partial charge in [0.2, 0.25) is 0 Å². The molecule has 0 fully saturated rings. The van der Waals surface area contributed by atoms with Crippen LogP contribution in [0.3, 0.4) is 0 Å². The Hall–Kier alpha value is -2.87. The Bertz CT molecular complexity index is 835. The molecular formula is C19H24N2O6. The quantitative estimate of drug-likeness (QED) is 0.517. The molecule has 0 aliphatic carbocycles. The Morgan fingerprint density at radius 3 is 2.48 bits per heavy atom. The summed E-state index contributed by atoms with van der Waals surface area (Å²) >= 11 is 0. The summed E-state index contributed by atoms with van der Waals surface area (Å²) < 4.78 is 16.6. The van der Waals surface area contributed by atoms with Gasteiger partial charge in [-0.3, -0.25) is 9.59 Å². The van der Waals surface area contributed by atoms with Crippen molar-refractivity contribution in [3.63, 3.8) is 0 Å². The molecule has 2 aromatic heterocycles. The van der Waals surface area contributed by atoms with Crippen LogP contribution in [0.25, 0.3) is 0 Å². The van der Waals surface area contributed by atoms with Gasteiger partial charge in [-0.1, -0.05) is 0 Å². The topological polar surface area (TPSA) is 91.0 Å². The van der Waals surface area contributed by atoms with Gasteiger partial charge in [-0.05, 0) is 31.5 Å². The van der Waals surface area contributed by atoms with Gasteiger partial charge in [0.25, 0.3) is 5.91 Å². The predicted octanol–water partition coefficient (Wildman–Crippen LogP) is 1.99. The molecule has 2 rings (SSSR count). The lowest BCUT2D eigenvalue weighted by atomic mass is 10.1. The van der Waals surface area contributed by atoms with Gasteiger partial charge in [0, 0.05) is 32.0 Å². The summed E-state index contributed by atoms with van der Waals surface area (Å²) in [6, 6.07) is 3.15. The normalized spacial score (nSPS) is 10.7. The van der Waals surface area contributed by atoms with Crippen LogP contribution in [0.5, 0.6) is 0 Å². The van der Waals surface area contributed by atoms with Gasteiger partial charge < -0.3 is 23.4 Å². The molecule has 0 saturated carbocycles.